The van der Waals surface area contributed by atoms with Crippen LogP contribution in [0.15, 0.2) is 48.5 Å². The van der Waals surface area contributed by atoms with Gasteiger partial charge in [0.1, 0.15) is 0 Å². The fraction of sp³-hybridized carbons (Fsp3) is 0.200. The van der Waals surface area contributed by atoms with Crippen LogP contribution >= 0.6 is 7.60 Å². The zero-order valence-electron chi connectivity index (χ0n) is 11.0. The molecule has 0 saturated carbocycles. The second-order valence-corrected chi connectivity index (χ2v) is 6.40. The summed E-state index contributed by atoms with van der Waals surface area (Å²) in [5, 5.41) is 0. The van der Waals surface area contributed by atoms with Crippen LogP contribution in [0.2, 0.25) is 0 Å². The molecule has 0 radical (unpaired) electrons. The van der Waals surface area contributed by atoms with Crippen molar-refractivity contribution in [3.8, 4) is 11.1 Å². The highest BCUT2D eigenvalue weighted by molar-refractivity contribution is 7.51. The molecular formula is C15H17O3P. The van der Waals surface area contributed by atoms with E-state index >= 15 is 0 Å². The van der Waals surface area contributed by atoms with Gasteiger partial charge in [0, 0.05) is 7.11 Å². The van der Waals surface area contributed by atoms with Crippen LogP contribution in [0.3, 0.4) is 0 Å². The largest absolute Gasteiger partial charge is 0.332 e. The number of aryl methyl sites for hydroxylation is 1. The Kier molecular flexibility index (Phi) is 4.20. The molecule has 1 unspecified atom stereocenters. The molecular weight excluding hydrogens is 259 g/mol. The first kappa shape index (κ1) is 14.0. The SMILES string of the molecule is COP(=O)(O)Cc1c(C)cccc1-c1ccccc1. The van der Waals surface area contributed by atoms with Crippen molar-refractivity contribution in [1.82, 2.24) is 0 Å². The van der Waals surface area contributed by atoms with Gasteiger partial charge in [-0.15, -0.1) is 0 Å². The minimum absolute atomic E-state index is 0.0282. The van der Waals surface area contributed by atoms with Gasteiger partial charge in [0.05, 0.1) is 6.16 Å². The van der Waals surface area contributed by atoms with Crippen molar-refractivity contribution in [3.05, 3.63) is 59.7 Å². The zero-order chi connectivity index (χ0) is 13.9. The Morgan fingerprint density at radius 3 is 2.42 bits per heavy atom. The predicted molar refractivity (Wildman–Crippen MR) is 77.2 cm³/mol. The summed E-state index contributed by atoms with van der Waals surface area (Å²) in [6.45, 7) is 1.94. The lowest BCUT2D eigenvalue weighted by Gasteiger charge is -2.15. The van der Waals surface area contributed by atoms with Crippen LogP contribution in [0.25, 0.3) is 11.1 Å². The van der Waals surface area contributed by atoms with Gasteiger partial charge in [-0.3, -0.25) is 4.57 Å². The van der Waals surface area contributed by atoms with E-state index in [1.54, 1.807) is 0 Å². The summed E-state index contributed by atoms with van der Waals surface area (Å²) in [7, 11) is -2.30. The molecule has 19 heavy (non-hydrogen) atoms. The number of benzene rings is 2. The maximum Gasteiger partial charge on any atom is 0.332 e. The first-order chi connectivity index (χ1) is 9.03. The molecule has 0 bridgehead atoms. The van der Waals surface area contributed by atoms with E-state index < -0.39 is 7.60 Å². The fourth-order valence-electron chi connectivity index (χ4n) is 2.06. The van der Waals surface area contributed by atoms with Gasteiger partial charge in [-0.1, -0.05) is 48.5 Å². The summed E-state index contributed by atoms with van der Waals surface area (Å²) in [5.41, 5.74) is 3.87. The second-order valence-electron chi connectivity index (χ2n) is 4.45. The lowest BCUT2D eigenvalue weighted by atomic mass is 9.97. The summed E-state index contributed by atoms with van der Waals surface area (Å²) >= 11 is 0. The molecule has 0 saturated heterocycles. The number of hydrogen-bond donors (Lipinski definition) is 1. The lowest BCUT2D eigenvalue weighted by Crippen LogP contribution is -1.96. The third-order valence-corrected chi connectivity index (χ3v) is 4.42. The minimum atomic E-state index is -3.57. The van der Waals surface area contributed by atoms with E-state index in [1.807, 2.05) is 55.5 Å². The molecule has 0 aromatic heterocycles. The second kappa shape index (κ2) is 5.70. The van der Waals surface area contributed by atoms with Crippen LogP contribution in [0.4, 0.5) is 0 Å². The highest BCUT2D eigenvalue weighted by atomic mass is 31.2. The molecule has 0 spiro atoms. The van der Waals surface area contributed by atoms with Crippen molar-refractivity contribution < 1.29 is 14.0 Å². The van der Waals surface area contributed by atoms with Gasteiger partial charge in [0.25, 0.3) is 0 Å². The van der Waals surface area contributed by atoms with E-state index in [4.69, 9.17) is 4.52 Å². The van der Waals surface area contributed by atoms with Crippen LogP contribution in [-0.4, -0.2) is 12.0 Å². The number of hydrogen-bond acceptors (Lipinski definition) is 2. The third-order valence-electron chi connectivity index (χ3n) is 3.14. The van der Waals surface area contributed by atoms with Crippen molar-refractivity contribution in [2.75, 3.05) is 7.11 Å². The molecule has 1 atom stereocenters. The molecule has 2 aromatic carbocycles. The molecule has 0 heterocycles. The van der Waals surface area contributed by atoms with Crippen molar-refractivity contribution in [1.29, 1.82) is 0 Å². The normalized spacial score (nSPS) is 14.1. The van der Waals surface area contributed by atoms with Crippen LogP contribution in [-0.2, 0) is 15.3 Å². The topological polar surface area (TPSA) is 46.5 Å². The maximum atomic E-state index is 11.8. The van der Waals surface area contributed by atoms with E-state index in [9.17, 15) is 9.46 Å². The molecule has 3 nitrogen and oxygen atoms in total. The predicted octanol–water partition coefficient (Wildman–Crippen LogP) is 3.99. The first-order valence-corrected chi connectivity index (χ1v) is 7.81. The van der Waals surface area contributed by atoms with Gasteiger partial charge >= 0.3 is 7.60 Å². The quantitative estimate of drug-likeness (QED) is 0.859. The smallest absolute Gasteiger partial charge is 0.324 e. The van der Waals surface area contributed by atoms with Crippen molar-refractivity contribution in [3.63, 3.8) is 0 Å². The Bertz CT molecular complexity index is 608. The third kappa shape index (κ3) is 3.32. The number of rotatable bonds is 4. The molecule has 0 aliphatic carbocycles. The Morgan fingerprint density at radius 2 is 1.79 bits per heavy atom. The van der Waals surface area contributed by atoms with Gasteiger partial charge in [-0.2, -0.15) is 0 Å². The van der Waals surface area contributed by atoms with Crippen LogP contribution in [0.1, 0.15) is 11.1 Å². The lowest BCUT2D eigenvalue weighted by molar-refractivity contribution is 0.314. The Balaban J connectivity index is 2.51. The fourth-order valence-corrected chi connectivity index (χ4v) is 3.01. The maximum absolute atomic E-state index is 11.8. The van der Waals surface area contributed by atoms with Gasteiger partial charge in [-0.05, 0) is 29.2 Å². The van der Waals surface area contributed by atoms with Crippen LogP contribution < -0.4 is 0 Å². The highest BCUT2D eigenvalue weighted by Gasteiger charge is 2.21. The Morgan fingerprint density at radius 1 is 1.11 bits per heavy atom. The minimum Gasteiger partial charge on any atom is -0.324 e. The zero-order valence-corrected chi connectivity index (χ0v) is 11.9. The average Bonchev–Trinajstić information content (AvgIpc) is 2.42. The van der Waals surface area contributed by atoms with E-state index in [2.05, 4.69) is 0 Å². The summed E-state index contributed by atoms with van der Waals surface area (Å²) in [5.74, 6) is 0. The first-order valence-electron chi connectivity index (χ1n) is 6.05. The summed E-state index contributed by atoms with van der Waals surface area (Å²) < 4.78 is 16.5. The molecule has 1 N–H and O–H groups in total. The summed E-state index contributed by atoms with van der Waals surface area (Å²) in [4.78, 5) is 9.71. The van der Waals surface area contributed by atoms with Crippen molar-refractivity contribution >= 4 is 7.60 Å². The molecule has 100 valence electrons. The van der Waals surface area contributed by atoms with Gasteiger partial charge in [0.15, 0.2) is 0 Å². The standard InChI is InChI=1S/C15H17O3P/c1-12-7-6-10-14(13-8-4-3-5-9-13)15(12)11-19(16,17)18-2/h3-10H,11H2,1-2H3,(H,16,17). The molecule has 2 rings (SSSR count). The molecule has 2 aromatic rings. The molecule has 0 aliphatic rings. The van der Waals surface area contributed by atoms with E-state index in [0.29, 0.717) is 0 Å². The van der Waals surface area contributed by atoms with E-state index in [-0.39, 0.29) is 6.16 Å². The molecule has 4 heteroatoms. The Labute approximate surface area is 113 Å². The van der Waals surface area contributed by atoms with E-state index in [1.165, 1.54) is 7.11 Å². The van der Waals surface area contributed by atoms with Gasteiger partial charge < -0.3 is 9.42 Å². The van der Waals surface area contributed by atoms with Crippen LogP contribution in [0, 0.1) is 6.92 Å². The summed E-state index contributed by atoms with van der Waals surface area (Å²) in [6, 6.07) is 15.7. The molecule has 0 aliphatic heterocycles. The highest BCUT2D eigenvalue weighted by Crippen LogP contribution is 2.47. The summed E-state index contributed by atoms with van der Waals surface area (Å²) in [6.07, 6.45) is 0.0282. The van der Waals surface area contributed by atoms with Gasteiger partial charge in [0.2, 0.25) is 0 Å². The molecule has 0 amide bonds. The van der Waals surface area contributed by atoms with Gasteiger partial charge in [-0.25, -0.2) is 0 Å². The monoisotopic (exact) mass is 276 g/mol. The van der Waals surface area contributed by atoms with E-state index in [0.717, 1.165) is 22.3 Å². The van der Waals surface area contributed by atoms with Crippen molar-refractivity contribution in [2.45, 2.75) is 13.1 Å². The van der Waals surface area contributed by atoms with Crippen LogP contribution in [0.5, 0.6) is 0 Å². The average molecular weight is 276 g/mol. The molecule has 0 fully saturated rings. The Hall–Kier alpha value is -1.41. The van der Waals surface area contributed by atoms with Crippen molar-refractivity contribution in [2.24, 2.45) is 0 Å².